The number of benzene rings is 3. The molecule has 2 amide bonds. The van der Waals surface area contributed by atoms with E-state index in [1.54, 1.807) is 42.5 Å². The van der Waals surface area contributed by atoms with Crippen LogP contribution in [0.25, 0.3) is 0 Å². The second kappa shape index (κ2) is 10.6. The quantitative estimate of drug-likeness (QED) is 0.545. The molecule has 31 heavy (non-hydrogen) atoms. The highest BCUT2D eigenvalue weighted by Gasteiger charge is 2.16. The lowest BCUT2D eigenvalue weighted by Crippen LogP contribution is -2.22. The summed E-state index contributed by atoms with van der Waals surface area (Å²) in [6, 6.07) is 22.7. The number of para-hydroxylation sites is 3. The fourth-order valence-corrected chi connectivity index (χ4v) is 2.89. The largest absolute Gasteiger partial charge is 0.495 e. The van der Waals surface area contributed by atoms with Crippen LogP contribution in [0.1, 0.15) is 15.9 Å². The first-order valence-corrected chi connectivity index (χ1v) is 9.59. The van der Waals surface area contributed by atoms with E-state index in [1.807, 2.05) is 30.3 Å². The second-order valence-electron chi connectivity index (χ2n) is 6.58. The third kappa shape index (κ3) is 6.17. The van der Waals surface area contributed by atoms with Gasteiger partial charge in [-0.05, 0) is 29.8 Å². The van der Waals surface area contributed by atoms with Gasteiger partial charge < -0.3 is 20.1 Å². The van der Waals surface area contributed by atoms with Crippen molar-refractivity contribution in [1.29, 1.82) is 0 Å². The van der Waals surface area contributed by atoms with E-state index in [0.717, 1.165) is 5.56 Å². The van der Waals surface area contributed by atoms with Crippen LogP contribution < -0.4 is 15.4 Å². The Hall–Kier alpha value is -4.13. The third-order valence-corrected chi connectivity index (χ3v) is 4.34. The Bertz CT molecular complexity index is 1070. The monoisotopic (exact) mass is 418 g/mol. The van der Waals surface area contributed by atoms with E-state index in [2.05, 4.69) is 10.6 Å². The highest BCUT2D eigenvalue weighted by molar-refractivity contribution is 6.03. The average molecular weight is 418 g/mol. The van der Waals surface area contributed by atoms with Crippen LogP contribution in [-0.2, 0) is 20.7 Å². The molecule has 3 rings (SSSR count). The van der Waals surface area contributed by atoms with Crippen molar-refractivity contribution in [3.8, 4) is 5.75 Å². The fraction of sp³-hybridized carbons (Fsp3) is 0.125. The number of carbonyl (C=O) groups excluding carboxylic acids is 3. The van der Waals surface area contributed by atoms with Crippen LogP contribution in [0.15, 0.2) is 78.9 Å². The van der Waals surface area contributed by atoms with Crippen LogP contribution >= 0.6 is 0 Å². The van der Waals surface area contributed by atoms with Crippen molar-refractivity contribution in [1.82, 2.24) is 0 Å². The molecule has 0 fully saturated rings. The van der Waals surface area contributed by atoms with Gasteiger partial charge in [-0.1, -0.05) is 54.6 Å². The molecule has 7 nitrogen and oxygen atoms in total. The minimum Gasteiger partial charge on any atom is -0.495 e. The van der Waals surface area contributed by atoms with Gasteiger partial charge in [-0.2, -0.15) is 0 Å². The molecule has 0 aromatic heterocycles. The topological polar surface area (TPSA) is 93.7 Å². The lowest BCUT2D eigenvalue weighted by molar-refractivity contribution is -0.119. The van der Waals surface area contributed by atoms with Crippen molar-refractivity contribution in [2.75, 3.05) is 24.4 Å². The summed E-state index contributed by atoms with van der Waals surface area (Å²) in [6.45, 7) is -0.483. The van der Waals surface area contributed by atoms with Crippen molar-refractivity contribution < 1.29 is 23.9 Å². The summed E-state index contributed by atoms with van der Waals surface area (Å²) in [5.41, 5.74) is 1.81. The van der Waals surface area contributed by atoms with E-state index in [1.165, 1.54) is 13.2 Å². The molecule has 0 saturated carbocycles. The van der Waals surface area contributed by atoms with Crippen LogP contribution in [0.2, 0.25) is 0 Å². The first-order chi connectivity index (χ1) is 15.1. The number of ether oxygens (including phenoxy) is 2. The number of carbonyl (C=O) groups is 3. The van der Waals surface area contributed by atoms with Gasteiger partial charge >= 0.3 is 5.97 Å². The Balaban J connectivity index is 1.59. The van der Waals surface area contributed by atoms with Gasteiger partial charge in [-0.15, -0.1) is 0 Å². The number of rotatable bonds is 8. The van der Waals surface area contributed by atoms with Crippen LogP contribution in [0.3, 0.4) is 0 Å². The molecule has 3 aromatic rings. The predicted molar refractivity (Wildman–Crippen MR) is 117 cm³/mol. The first kappa shape index (κ1) is 21.6. The highest BCUT2D eigenvalue weighted by Crippen LogP contribution is 2.23. The summed E-state index contributed by atoms with van der Waals surface area (Å²) in [5, 5.41) is 5.36. The van der Waals surface area contributed by atoms with E-state index in [0.29, 0.717) is 17.1 Å². The Morgan fingerprint density at radius 1 is 0.742 bits per heavy atom. The maximum absolute atomic E-state index is 12.5. The predicted octanol–water partition coefficient (Wildman–Crippen LogP) is 3.67. The maximum Gasteiger partial charge on any atom is 0.340 e. The molecule has 0 radical (unpaired) electrons. The molecule has 0 aliphatic rings. The summed E-state index contributed by atoms with van der Waals surface area (Å²) >= 11 is 0. The molecular formula is C24H22N2O5. The lowest BCUT2D eigenvalue weighted by Gasteiger charge is -2.12. The van der Waals surface area contributed by atoms with Gasteiger partial charge in [0.2, 0.25) is 5.91 Å². The molecule has 7 heteroatoms. The molecule has 0 aliphatic heterocycles. The van der Waals surface area contributed by atoms with E-state index >= 15 is 0 Å². The molecule has 0 spiro atoms. The van der Waals surface area contributed by atoms with Crippen molar-refractivity contribution >= 4 is 29.2 Å². The van der Waals surface area contributed by atoms with Gasteiger partial charge in [0.15, 0.2) is 6.61 Å². The minimum atomic E-state index is -0.717. The third-order valence-electron chi connectivity index (χ3n) is 4.34. The number of amides is 2. The van der Waals surface area contributed by atoms with Crippen molar-refractivity contribution in [2.45, 2.75) is 6.42 Å². The van der Waals surface area contributed by atoms with E-state index < -0.39 is 18.5 Å². The van der Waals surface area contributed by atoms with Gasteiger partial charge in [-0.3, -0.25) is 9.59 Å². The SMILES string of the molecule is COc1ccccc1NC(=O)COC(=O)c1ccccc1NC(=O)Cc1ccccc1. The van der Waals surface area contributed by atoms with Crippen molar-refractivity contribution in [3.63, 3.8) is 0 Å². The average Bonchev–Trinajstić information content (AvgIpc) is 2.79. The molecule has 2 N–H and O–H groups in total. The first-order valence-electron chi connectivity index (χ1n) is 9.59. The Kier molecular flexibility index (Phi) is 7.37. The van der Waals surface area contributed by atoms with Crippen LogP contribution in [-0.4, -0.2) is 31.5 Å². The lowest BCUT2D eigenvalue weighted by atomic mass is 10.1. The molecule has 0 atom stereocenters. The summed E-state index contributed by atoms with van der Waals surface area (Å²) in [5.74, 6) is -0.997. The van der Waals surface area contributed by atoms with Crippen LogP contribution in [0.4, 0.5) is 11.4 Å². The normalized spacial score (nSPS) is 10.1. The molecule has 0 bridgehead atoms. The standard InChI is InChI=1S/C24H22N2O5/c1-30-21-14-8-7-13-20(21)26-23(28)16-31-24(29)18-11-5-6-12-19(18)25-22(27)15-17-9-3-2-4-10-17/h2-14H,15-16H2,1H3,(H,25,27)(H,26,28). The second-order valence-corrected chi connectivity index (χ2v) is 6.58. The molecule has 3 aromatic carbocycles. The van der Waals surface area contributed by atoms with E-state index in [4.69, 9.17) is 9.47 Å². The molecule has 0 unspecified atom stereocenters. The van der Waals surface area contributed by atoms with E-state index in [-0.39, 0.29) is 17.9 Å². The minimum absolute atomic E-state index is 0.161. The Labute approximate surface area is 180 Å². The number of esters is 1. The molecular weight excluding hydrogens is 396 g/mol. The van der Waals surface area contributed by atoms with Crippen LogP contribution in [0.5, 0.6) is 5.75 Å². The number of hydrogen-bond acceptors (Lipinski definition) is 5. The van der Waals surface area contributed by atoms with Gasteiger partial charge in [0, 0.05) is 0 Å². The number of hydrogen-bond donors (Lipinski definition) is 2. The summed E-state index contributed by atoms with van der Waals surface area (Å²) in [7, 11) is 1.49. The molecule has 0 aliphatic carbocycles. The molecule has 158 valence electrons. The summed E-state index contributed by atoms with van der Waals surface area (Å²) in [4.78, 5) is 37.0. The van der Waals surface area contributed by atoms with Gasteiger partial charge in [0.25, 0.3) is 5.91 Å². The van der Waals surface area contributed by atoms with Crippen molar-refractivity contribution in [3.05, 3.63) is 90.0 Å². The number of anilines is 2. The summed E-state index contributed by atoms with van der Waals surface area (Å²) in [6.07, 6.45) is 0.172. The zero-order valence-corrected chi connectivity index (χ0v) is 17.0. The summed E-state index contributed by atoms with van der Waals surface area (Å²) < 4.78 is 10.3. The number of nitrogens with one attached hydrogen (secondary N) is 2. The molecule has 0 heterocycles. The maximum atomic E-state index is 12.5. The zero-order valence-electron chi connectivity index (χ0n) is 17.0. The van der Waals surface area contributed by atoms with E-state index in [9.17, 15) is 14.4 Å². The highest BCUT2D eigenvalue weighted by atomic mass is 16.5. The Morgan fingerprint density at radius 3 is 2.10 bits per heavy atom. The number of methoxy groups -OCH3 is 1. The fourth-order valence-electron chi connectivity index (χ4n) is 2.89. The molecule has 0 saturated heterocycles. The van der Waals surface area contributed by atoms with Crippen LogP contribution in [0, 0.1) is 0 Å². The van der Waals surface area contributed by atoms with Gasteiger partial charge in [0.1, 0.15) is 5.75 Å². The smallest absolute Gasteiger partial charge is 0.340 e. The zero-order chi connectivity index (χ0) is 22.1. The van der Waals surface area contributed by atoms with Gasteiger partial charge in [-0.25, -0.2) is 4.79 Å². The van der Waals surface area contributed by atoms with Gasteiger partial charge in [0.05, 0.1) is 30.5 Å². The Morgan fingerprint density at radius 2 is 1.35 bits per heavy atom. The van der Waals surface area contributed by atoms with Crippen molar-refractivity contribution in [2.24, 2.45) is 0 Å².